The van der Waals surface area contributed by atoms with Crippen molar-refractivity contribution in [3.63, 3.8) is 0 Å². The largest absolute Gasteiger partial charge is 0.289 e. The number of ketones is 2. The van der Waals surface area contributed by atoms with Gasteiger partial charge in [0.05, 0.1) is 0 Å². The first kappa shape index (κ1) is 21.2. The molecule has 0 N–H and O–H groups in total. The van der Waals surface area contributed by atoms with E-state index in [1.54, 1.807) is 23.5 Å². The van der Waals surface area contributed by atoms with E-state index in [4.69, 9.17) is 0 Å². The molecule has 6 aromatic rings. The third kappa shape index (κ3) is 3.67. The maximum Gasteiger partial charge on any atom is 0.194 e. The highest BCUT2D eigenvalue weighted by atomic mass is 32.1. The summed E-state index contributed by atoms with van der Waals surface area (Å²) >= 11 is 1.66. The molecule has 0 radical (unpaired) electrons. The predicted molar refractivity (Wildman–Crippen MR) is 145 cm³/mol. The second-order valence-electron chi connectivity index (χ2n) is 8.40. The van der Waals surface area contributed by atoms with Gasteiger partial charge < -0.3 is 0 Å². The molecule has 0 unspecified atom stereocenters. The number of hydrogen-bond donors (Lipinski definition) is 0. The predicted octanol–water partition coefficient (Wildman–Crippen LogP) is 8.18. The van der Waals surface area contributed by atoms with Crippen LogP contribution in [0.3, 0.4) is 0 Å². The zero-order valence-corrected chi connectivity index (χ0v) is 19.6. The summed E-state index contributed by atoms with van der Waals surface area (Å²) in [5.74, 6) is -0.286. The van der Waals surface area contributed by atoms with Gasteiger partial charge in [0.2, 0.25) is 0 Å². The molecule has 5 aromatic carbocycles. The summed E-state index contributed by atoms with van der Waals surface area (Å²) in [6.45, 7) is 0. The Morgan fingerprint density at radius 1 is 0.543 bits per heavy atom. The molecule has 2 nitrogen and oxygen atoms in total. The van der Waals surface area contributed by atoms with E-state index in [1.807, 2.05) is 84.9 Å². The van der Waals surface area contributed by atoms with Crippen molar-refractivity contribution >= 4 is 43.1 Å². The Morgan fingerprint density at radius 2 is 1.14 bits per heavy atom. The van der Waals surface area contributed by atoms with E-state index in [-0.39, 0.29) is 11.6 Å². The molecule has 6 rings (SSSR count). The lowest BCUT2D eigenvalue weighted by molar-refractivity contribution is 0.100. The minimum absolute atomic E-state index is 0.139. The smallest absolute Gasteiger partial charge is 0.194 e. The van der Waals surface area contributed by atoms with E-state index in [0.29, 0.717) is 22.3 Å². The van der Waals surface area contributed by atoms with Crippen LogP contribution in [0.2, 0.25) is 0 Å². The number of thiophene rings is 1. The van der Waals surface area contributed by atoms with E-state index >= 15 is 0 Å². The first-order valence-electron chi connectivity index (χ1n) is 11.5. The van der Waals surface area contributed by atoms with Gasteiger partial charge in [-0.3, -0.25) is 9.59 Å². The fourth-order valence-corrected chi connectivity index (χ4v) is 5.88. The average molecular weight is 469 g/mol. The number of benzene rings is 5. The Bertz CT molecular complexity index is 1700. The van der Waals surface area contributed by atoms with Crippen molar-refractivity contribution in [3.05, 3.63) is 144 Å². The summed E-state index contributed by atoms with van der Waals surface area (Å²) in [6.07, 6.45) is 0. The number of carbonyl (C=O) groups is 2. The standard InChI is InChI=1S/C32H20O2S/c33-30(22-13-6-2-7-14-22)25-19-20-27-28(29(25)31(34)23-15-8-3-9-16-23)26-18-10-17-24(32(26)35-27)21-11-4-1-5-12-21/h1-20H. The van der Waals surface area contributed by atoms with Crippen molar-refractivity contribution in [1.82, 2.24) is 0 Å². The van der Waals surface area contributed by atoms with Gasteiger partial charge in [0.15, 0.2) is 11.6 Å². The lowest BCUT2D eigenvalue weighted by Gasteiger charge is -2.11. The van der Waals surface area contributed by atoms with Crippen LogP contribution in [0.4, 0.5) is 0 Å². The Hall–Kier alpha value is -4.34. The summed E-state index contributed by atoms with van der Waals surface area (Å²) in [5.41, 5.74) is 4.29. The van der Waals surface area contributed by atoms with Gasteiger partial charge in [-0.25, -0.2) is 0 Å². The first-order chi connectivity index (χ1) is 17.2. The minimum atomic E-state index is -0.148. The molecule has 3 heteroatoms. The lowest BCUT2D eigenvalue weighted by atomic mass is 9.89. The van der Waals surface area contributed by atoms with Crippen LogP contribution in [0.1, 0.15) is 31.8 Å². The molecule has 166 valence electrons. The summed E-state index contributed by atoms with van der Waals surface area (Å²) in [7, 11) is 0. The van der Waals surface area contributed by atoms with Crippen LogP contribution >= 0.6 is 11.3 Å². The maximum absolute atomic E-state index is 14.0. The molecule has 0 spiro atoms. The molecule has 0 aliphatic rings. The van der Waals surface area contributed by atoms with Crippen LogP contribution in [-0.4, -0.2) is 11.6 Å². The number of carbonyl (C=O) groups excluding carboxylic acids is 2. The molecule has 0 aliphatic heterocycles. The second-order valence-corrected chi connectivity index (χ2v) is 9.45. The van der Waals surface area contributed by atoms with Crippen LogP contribution < -0.4 is 0 Å². The molecule has 0 bridgehead atoms. The highest BCUT2D eigenvalue weighted by Gasteiger charge is 2.25. The topological polar surface area (TPSA) is 34.1 Å². The molecule has 1 aromatic heterocycles. The lowest BCUT2D eigenvalue weighted by Crippen LogP contribution is -2.11. The van der Waals surface area contributed by atoms with Gasteiger partial charge >= 0.3 is 0 Å². The molecule has 0 amide bonds. The van der Waals surface area contributed by atoms with Crippen molar-refractivity contribution in [2.75, 3.05) is 0 Å². The van der Waals surface area contributed by atoms with Gasteiger partial charge in [0, 0.05) is 42.4 Å². The fourth-order valence-electron chi connectivity index (χ4n) is 4.64. The van der Waals surface area contributed by atoms with Crippen LogP contribution in [-0.2, 0) is 0 Å². The van der Waals surface area contributed by atoms with E-state index in [0.717, 1.165) is 31.3 Å². The highest BCUT2D eigenvalue weighted by Crippen LogP contribution is 2.42. The van der Waals surface area contributed by atoms with Crippen LogP contribution in [0.15, 0.2) is 121 Å². The molecule has 0 atom stereocenters. The van der Waals surface area contributed by atoms with E-state index in [9.17, 15) is 9.59 Å². The monoisotopic (exact) mass is 468 g/mol. The van der Waals surface area contributed by atoms with Crippen molar-refractivity contribution < 1.29 is 9.59 Å². The number of fused-ring (bicyclic) bond motifs is 3. The van der Waals surface area contributed by atoms with Crippen LogP contribution in [0.5, 0.6) is 0 Å². The normalized spacial score (nSPS) is 11.1. The van der Waals surface area contributed by atoms with E-state index in [2.05, 4.69) is 24.3 Å². The Kier molecular flexibility index (Phi) is 5.32. The molecule has 0 fully saturated rings. The van der Waals surface area contributed by atoms with E-state index in [1.165, 1.54) is 0 Å². The molecule has 0 saturated heterocycles. The van der Waals surface area contributed by atoms with Crippen LogP contribution in [0.25, 0.3) is 31.3 Å². The van der Waals surface area contributed by atoms with Gasteiger partial charge in [-0.15, -0.1) is 11.3 Å². The molecular weight excluding hydrogens is 448 g/mol. The second kappa shape index (κ2) is 8.79. The molecule has 0 saturated carbocycles. The van der Waals surface area contributed by atoms with Crippen molar-refractivity contribution in [2.45, 2.75) is 0 Å². The molecular formula is C32H20O2S. The number of rotatable bonds is 5. The van der Waals surface area contributed by atoms with Crippen LogP contribution in [0, 0.1) is 0 Å². The average Bonchev–Trinajstić information content (AvgIpc) is 3.32. The van der Waals surface area contributed by atoms with E-state index < -0.39 is 0 Å². The summed E-state index contributed by atoms with van der Waals surface area (Å²) in [4.78, 5) is 27.6. The SMILES string of the molecule is O=C(c1ccccc1)c1ccc2sc3c(-c4ccccc4)cccc3c2c1C(=O)c1ccccc1. The molecule has 35 heavy (non-hydrogen) atoms. The van der Waals surface area contributed by atoms with Gasteiger partial charge in [-0.2, -0.15) is 0 Å². The fraction of sp³-hybridized carbons (Fsp3) is 0. The van der Waals surface area contributed by atoms with Crippen molar-refractivity contribution in [1.29, 1.82) is 0 Å². The zero-order chi connectivity index (χ0) is 23.8. The van der Waals surface area contributed by atoms with Crippen molar-refractivity contribution in [3.8, 4) is 11.1 Å². The van der Waals surface area contributed by atoms with Gasteiger partial charge in [-0.1, -0.05) is 109 Å². The molecule has 0 aliphatic carbocycles. The number of hydrogen-bond acceptors (Lipinski definition) is 3. The minimum Gasteiger partial charge on any atom is -0.289 e. The Balaban J connectivity index is 1.68. The van der Waals surface area contributed by atoms with Gasteiger partial charge in [0.1, 0.15) is 0 Å². The van der Waals surface area contributed by atoms with Gasteiger partial charge in [0.25, 0.3) is 0 Å². The third-order valence-electron chi connectivity index (χ3n) is 6.29. The third-order valence-corrected chi connectivity index (χ3v) is 7.50. The summed E-state index contributed by atoms with van der Waals surface area (Å²) < 4.78 is 2.10. The van der Waals surface area contributed by atoms with Crippen molar-refractivity contribution in [2.24, 2.45) is 0 Å². The Morgan fingerprint density at radius 3 is 1.80 bits per heavy atom. The quantitative estimate of drug-likeness (QED) is 0.239. The van der Waals surface area contributed by atoms with Gasteiger partial charge in [-0.05, 0) is 23.3 Å². The first-order valence-corrected chi connectivity index (χ1v) is 12.3. The highest BCUT2D eigenvalue weighted by molar-refractivity contribution is 7.26. The zero-order valence-electron chi connectivity index (χ0n) is 18.8. The maximum atomic E-state index is 14.0. The Labute approximate surface area is 207 Å². The summed E-state index contributed by atoms with van der Waals surface area (Å²) in [5, 5.41) is 1.84. The molecule has 1 heterocycles. The summed E-state index contributed by atoms with van der Waals surface area (Å²) in [6, 6.07) is 38.6.